The van der Waals surface area contributed by atoms with Gasteiger partial charge in [-0.15, -0.1) is 6.58 Å². The maximum atomic E-state index is 5.96. The van der Waals surface area contributed by atoms with Crippen LogP contribution in [0.5, 0.6) is 11.5 Å². The molecule has 0 aliphatic heterocycles. The van der Waals surface area contributed by atoms with Crippen LogP contribution >= 0.6 is 0 Å². The third-order valence-corrected chi connectivity index (χ3v) is 4.96. The van der Waals surface area contributed by atoms with Gasteiger partial charge in [0, 0.05) is 0 Å². The molecule has 1 atom stereocenters. The number of rotatable bonds is 17. The highest BCUT2D eigenvalue weighted by Crippen LogP contribution is 2.27. The van der Waals surface area contributed by atoms with Crippen LogP contribution in [0.3, 0.4) is 0 Å². The van der Waals surface area contributed by atoms with Crippen molar-refractivity contribution in [2.45, 2.75) is 84.5 Å². The van der Waals surface area contributed by atoms with E-state index in [1.54, 1.807) is 0 Å². The Morgan fingerprint density at radius 2 is 1.38 bits per heavy atom. The maximum Gasteiger partial charge on any atom is 0.161 e. The number of hydrogen-bond acceptors (Lipinski definition) is 2. The van der Waals surface area contributed by atoms with Gasteiger partial charge < -0.3 is 9.47 Å². The highest BCUT2D eigenvalue weighted by molar-refractivity contribution is 5.39. The second-order valence-corrected chi connectivity index (χ2v) is 7.35. The van der Waals surface area contributed by atoms with Crippen molar-refractivity contribution in [3.63, 3.8) is 0 Å². The molecule has 1 aromatic rings. The Morgan fingerprint density at radius 1 is 0.846 bits per heavy atom. The molecule has 0 fully saturated rings. The summed E-state index contributed by atoms with van der Waals surface area (Å²) in [6, 6.07) is 8.07. The fourth-order valence-electron chi connectivity index (χ4n) is 2.95. The first kappa shape index (κ1) is 22.6. The van der Waals surface area contributed by atoms with Crippen LogP contribution in [0.25, 0.3) is 0 Å². The van der Waals surface area contributed by atoms with Gasteiger partial charge in [0.15, 0.2) is 11.5 Å². The normalized spacial score (nSPS) is 11.9. The molecule has 0 heterocycles. The molecule has 1 unspecified atom stereocenters. The zero-order valence-electron chi connectivity index (χ0n) is 17.2. The van der Waals surface area contributed by atoms with Crippen LogP contribution in [-0.2, 0) is 0 Å². The molecular weight excluding hydrogens is 320 g/mol. The molecule has 148 valence electrons. The molecule has 0 radical (unpaired) electrons. The Bertz CT molecular complexity index is 455. The molecule has 0 amide bonds. The number of benzene rings is 1. The molecule has 2 heteroatoms. The molecule has 1 aromatic carbocycles. The Morgan fingerprint density at radius 3 is 1.96 bits per heavy atom. The summed E-state index contributed by atoms with van der Waals surface area (Å²) < 4.78 is 11.9. The summed E-state index contributed by atoms with van der Waals surface area (Å²) in [5.74, 6) is 2.63. The second kappa shape index (κ2) is 15.8. The molecule has 0 saturated heterocycles. The zero-order chi connectivity index (χ0) is 18.9. The van der Waals surface area contributed by atoms with Gasteiger partial charge in [0.05, 0.1) is 13.2 Å². The lowest BCUT2D eigenvalue weighted by Gasteiger charge is -2.13. The fraction of sp³-hybridized carbons (Fsp3) is 0.667. The van der Waals surface area contributed by atoms with Gasteiger partial charge >= 0.3 is 0 Å². The average Bonchev–Trinajstić information content (AvgIpc) is 2.67. The summed E-state index contributed by atoms with van der Waals surface area (Å²) in [5.41, 5.74) is 0. The van der Waals surface area contributed by atoms with E-state index >= 15 is 0 Å². The summed E-state index contributed by atoms with van der Waals surface area (Å²) >= 11 is 0. The zero-order valence-corrected chi connectivity index (χ0v) is 17.2. The van der Waals surface area contributed by atoms with Crippen molar-refractivity contribution < 1.29 is 9.47 Å². The SMILES string of the molecule is C=CCCCCCCCOc1ccccc1OCCCCCC(C)CC. The van der Waals surface area contributed by atoms with Crippen LogP contribution in [-0.4, -0.2) is 13.2 Å². The Labute approximate surface area is 162 Å². The van der Waals surface area contributed by atoms with Crippen LogP contribution in [0.1, 0.15) is 84.5 Å². The van der Waals surface area contributed by atoms with Gasteiger partial charge in [0.1, 0.15) is 0 Å². The van der Waals surface area contributed by atoms with E-state index in [9.17, 15) is 0 Å². The molecule has 0 aromatic heterocycles. The highest BCUT2D eigenvalue weighted by Gasteiger charge is 2.04. The van der Waals surface area contributed by atoms with Crippen LogP contribution in [0.4, 0.5) is 0 Å². The summed E-state index contributed by atoms with van der Waals surface area (Å²) in [6.07, 6.45) is 15.6. The molecule has 26 heavy (non-hydrogen) atoms. The third kappa shape index (κ3) is 11.2. The third-order valence-electron chi connectivity index (χ3n) is 4.96. The van der Waals surface area contributed by atoms with E-state index in [0.717, 1.165) is 49.9 Å². The summed E-state index contributed by atoms with van der Waals surface area (Å²) in [7, 11) is 0. The lowest BCUT2D eigenvalue weighted by atomic mass is 10.0. The lowest BCUT2D eigenvalue weighted by Crippen LogP contribution is -2.03. The number of unbranched alkanes of at least 4 members (excludes halogenated alkanes) is 7. The van der Waals surface area contributed by atoms with Crippen LogP contribution in [0.15, 0.2) is 36.9 Å². The molecule has 2 nitrogen and oxygen atoms in total. The predicted octanol–water partition coefficient (Wildman–Crippen LogP) is 7.58. The van der Waals surface area contributed by atoms with E-state index in [-0.39, 0.29) is 0 Å². The quantitative estimate of drug-likeness (QED) is 0.210. The van der Waals surface area contributed by atoms with Gasteiger partial charge in [0.25, 0.3) is 0 Å². The molecule has 0 bridgehead atoms. The summed E-state index contributed by atoms with van der Waals surface area (Å²) in [5, 5.41) is 0. The predicted molar refractivity (Wildman–Crippen MR) is 113 cm³/mol. The first-order valence-corrected chi connectivity index (χ1v) is 10.7. The van der Waals surface area contributed by atoms with Crippen LogP contribution < -0.4 is 9.47 Å². The Hall–Kier alpha value is -1.44. The molecule has 0 spiro atoms. The van der Waals surface area contributed by atoms with Crippen molar-refractivity contribution in [2.24, 2.45) is 5.92 Å². The second-order valence-electron chi connectivity index (χ2n) is 7.35. The highest BCUT2D eigenvalue weighted by atomic mass is 16.5. The van der Waals surface area contributed by atoms with Crippen LogP contribution in [0.2, 0.25) is 0 Å². The minimum atomic E-state index is 0.775. The molecule has 0 aliphatic carbocycles. The largest absolute Gasteiger partial charge is 0.490 e. The van der Waals surface area contributed by atoms with Gasteiger partial charge in [-0.3, -0.25) is 0 Å². The van der Waals surface area contributed by atoms with Gasteiger partial charge in [0.2, 0.25) is 0 Å². The molecule has 0 saturated carbocycles. The van der Waals surface area contributed by atoms with E-state index < -0.39 is 0 Å². The minimum Gasteiger partial charge on any atom is -0.490 e. The number of para-hydroxylation sites is 2. The van der Waals surface area contributed by atoms with Gasteiger partial charge in [-0.05, 0) is 43.7 Å². The van der Waals surface area contributed by atoms with E-state index in [0.29, 0.717) is 0 Å². The molecular formula is C24H40O2. The van der Waals surface area contributed by atoms with Crippen molar-refractivity contribution in [1.82, 2.24) is 0 Å². The summed E-state index contributed by atoms with van der Waals surface area (Å²) in [4.78, 5) is 0. The van der Waals surface area contributed by atoms with E-state index in [4.69, 9.17) is 9.47 Å². The molecule has 1 rings (SSSR count). The van der Waals surface area contributed by atoms with Crippen molar-refractivity contribution >= 4 is 0 Å². The van der Waals surface area contributed by atoms with Crippen molar-refractivity contribution in [3.05, 3.63) is 36.9 Å². The average molecular weight is 361 g/mol. The number of allylic oxidation sites excluding steroid dienone is 1. The molecule has 0 N–H and O–H groups in total. The summed E-state index contributed by atoms with van der Waals surface area (Å²) in [6.45, 7) is 9.93. The van der Waals surface area contributed by atoms with Crippen molar-refractivity contribution in [3.8, 4) is 11.5 Å². The van der Waals surface area contributed by atoms with E-state index in [1.165, 1.54) is 51.4 Å². The van der Waals surface area contributed by atoms with Gasteiger partial charge in [-0.1, -0.05) is 77.0 Å². The van der Waals surface area contributed by atoms with Gasteiger partial charge in [-0.2, -0.15) is 0 Å². The van der Waals surface area contributed by atoms with Crippen molar-refractivity contribution in [1.29, 1.82) is 0 Å². The van der Waals surface area contributed by atoms with Crippen LogP contribution in [0, 0.1) is 5.92 Å². The number of ether oxygens (including phenoxy) is 2. The van der Waals surface area contributed by atoms with Crippen molar-refractivity contribution in [2.75, 3.05) is 13.2 Å². The topological polar surface area (TPSA) is 18.5 Å². The maximum absolute atomic E-state index is 5.96. The lowest BCUT2D eigenvalue weighted by molar-refractivity contribution is 0.258. The Kier molecular flexibility index (Phi) is 13.7. The number of hydrogen-bond donors (Lipinski definition) is 0. The minimum absolute atomic E-state index is 0.775. The van der Waals surface area contributed by atoms with E-state index in [2.05, 4.69) is 20.4 Å². The monoisotopic (exact) mass is 360 g/mol. The first-order chi connectivity index (χ1) is 12.8. The molecule has 0 aliphatic rings. The first-order valence-electron chi connectivity index (χ1n) is 10.7. The van der Waals surface area contributed by atoms with Gasteiger partial charge in [-0.25, -0.2) is 0 Å². The standard InChI is InChI=1S/C24H40O2/c1-4-6-7-8-9-10-15-20-25-23-18-13-14-19-24(23)26-21-16-11-12-17-22(3)5-2/h4,13-14,18-19,22H,1,5-12,15-17,20-21H2,2-3H3. The van der Waals surface area contributed by atoms with E-state index in [1.807, 2.05) is 30.3 Å². The Balaban J connectivity index is 2.14. The smallest absolute Gasteiger partial charge is 0.161 e. The fourth-order valence-corrected chi connectivity index (χ4v) is 2.95.